The normalized spacial score (nSPS) is 16.0. The van der Waals surface area contributed by atoms with Gasteiger partial charge in [0.15, 0.2) is 0 Å². The first kappa shape index (κ1) is 15.8. The van der Waals surface area contributed by atoms with Crippen molar-refractivity contribution in [3.05, 3.63) is 28.2 Å². The molecule has 0 aliphatic heterocycles. The van der Waals surface area contributed by atoms with E-state index in [0.717, 1.165) is 12.8 Å². The van der Waals surface area contributed by atoms with Crippen LogP contribution in [0.15, 0.2) is 27.6 Å². The first-order valence-corrected chi connectivity index (χ1v) is 9.28. The van der Waals surface area contributed by atoms with Gasteiger partial charge < -0.3 is 5.32 Å². The molecule has 0 atom stereocenters. The molecule has 2 rings (SSSR count). The van der Waals surface area contributed by atoms with E-state index in [1.165, 1.54) is 12.1 Å². The molecule has 7 heteroatoms. The topological polar surface area (TPSA) is 63.2 Å². The van der Waals surface area contributed by atoms with Gasteiger partial charge in [0.25, 0.3) is 15.0 Å². The molecular formula is C13H15BrClNO3S. The molecule has 1 fully saturated rings. The highest BCUT2D eigenvalue weighted by Crippen LogP contribution is 2.39. The van der Waals surface area contributed by atoms with Crippen molar-refractivity contribution < 1.29 is 13.2 Å². The predicted molar refractivity (Wildman–Crippen MR) is 81.5 cm³/mol. The summed E-state index contributed by atoms with van der Waals surface area (Å²) in [7, 11) is 1.45. The molecule has 1 aliphatic rings. The lowest BCUT2D eigenvalue weighted by molar-refractivity contribution is 0.0903. The third kappa shape index (κ3) is 3.54. The van der Waals surface area contributed by atoms with E-state index in [4.69, 9.17) is 10.7 Å². The molecule has 1 aromatic carbocycles. The van der Waals surface area contributed by atoms with Crippen molar-refractivity contribution in [2.75, 3.05) is 0 Å². The Morgan fingerprint density at radius 2 is 2.00 bits per heavy atom. The summed E-state index contributed by atoms with van der Waals surface area (Å²) in [6, 6.07) is 4.35. The van der Waals surface area contributed by atoms with Gasteiger partial charge in [-0.15, -0.1) is 0 Å². The monoisotopic (exact) mass is 379 g/mol. The summed E-state index contributed by atoms with van der Waals surface area (Å²) < 4.78 is 23.2. The van der Waals surface area contributed by atoms with Crippen LogP contribution in [0, 0.1) is 5.92 Å². The number of halogens is 2. The Bertz CT molecular complexity index is 654. The Labute approximate surface area is 131 Å². The SMILES string of the molecule is CC(C)(NC(=O)c1ccc(Br)c(S(=O)(=O)Cl)c1)C1CC1. The second kappa shape index (κ2) is 5.31. The number of hydrogen-bond acceptors (Lipinski definition) is 3. The van der Waals surface area contributed by atoms with Crippen molar-refractivity contribution in [2.45, 2.75) is 37.1 Å². The van der Waals surface area contributed by atoms with Crippen LogP contribution in [-0.2, 0) is 9.05 Å². The van der Waals surface area contributed by atoms with Gasteiger partial charge >= 0.3 is 0 Å². The average molecular weight is 381 g/mol. The lowest BCUT2D eigenvalue weighted by Crippen LogP contribution is -2.45. The average Bonchev–Trinajstić information content (AvgIpc) is 3.10. The molecular weight excluding hydrogens is 366 g/mol. The molecule has 1 amide bonds. The first-order chi connectivity index (χ1) is 9.11. The number of hydrogen-bond donors (Lipinski definition) is 1. The fourth-order valence-corrected chi connectivity index (χ4v) is 4.22. The maximum Gasteiger partial charge on any atom is 0.262 e. The van der Waals surface area contributed by atoms with Crippen LogP contribution in [0.5, 0.6) is 0 Å². The van der Waals surface area contributed by atoms with Gasteiger partial charge in [0.05, 0.1) is 4.90 Å². The summed E-state index contributed by atoms with van der Waals surface area (Å²) in [5.74, 6) is 0.189. The van der Waals surface area contributed by atoms with E-state index < -0.39 is 9.05 Å². The summed E-state index contributed by atoms with van der Waals surface area (Å²) in [5, 5.41) is 2.94. The number of benzene rings is 1. The van der Waals surface area contributed by atoms with Crippen LogP contribution < -0.4 is 5.32 Å². The third-order valence-corrected chi connectivity index (χ3v) is 5.81. The summed E-state index contributed by atoms with van der Waals surface area (Å²) in [5.41, 5.74) is -0.00870. The highest BCUT2D eigenvalue weighted by molar-refractivity contribution is 9.10. The molecule has 1 N–H and O–H groups in total. The van der Waals surface area contributed by atoms with Crippen LogP contribution in [0.25, 0.3) is 0 Å². The summed E-state index contributed by atoms with van der Waals surface area (Å²) in [4.78, 5) is 12.1. The second-order valence-corrected chi connectivity index (χ2v) is 8.92. The standard InChI is InChI=1S/C13H15BrClNO3S/c1-13(2,9-4-5-9)16-12(17)8-3-6-10(14)11(7-8)20(15,18)19/h3,6-7,9H,4-5H2,1-2H3,(H,16,17). The third-order valence-electron chi connectivity index (χ3n) is 3.49. The van der Waals surface area contributed by atoms with Crippen molar-refractivity contribution in [1.82, 2.24) is 5.32 Å². The van der Waals surface area contributed by atoms with Crippen LogP contribution in [-0.4, -0.2) is 19.9 Å². The van der Waals surface area contributed by atoms with E-state index >= 15 is 0 Å². The highest BCUT2D eigenvalue weighted by Gasteiger charge is 2.38. The molecule has 20 heavy (non-hydrogen) atoms. The van der Waals surface area contributed by atoms with Gasteiger partial charge in [0.2, 0.25) is 0 Å². The van der Waals surface area contributed by atoms with Crippen molar-refractivity contribution in [3.8, 4) is 0 Å². The number of nitrogens with one attached hydrogen (secondary N) is 1. The molecule has 1 aliphatic carbocycles. The van der Waals surface area contributed by atoms with E-state index in [9.17, 15) is 13.2 Å². The molecule has 110 valence electrons. The van der Waals surface area contributed by atoms with E-state index in [-0.39, 0.29) is 21.9 Å². The van der Waals surface area contributed by atoms with E-state index in [2.05, 4.69) is 21.2 Å². The minimum atomic E-state index is -3.89. The lowest BCUT2D eigenvalue weighted by Gasteiger charge is -2.26. The fraction of sp³-hybridized carbons (Fsp3) is 0.462. The van der Waals surface area contributed by atoms with Gasteiger partial charge in [-0.25, -0.2) is 8.42 Å². The smallest absolute Gasteiger partial charge is 0.262 e. The molecule has 0 unspecified atom stereocenters. The summed E-state index contributed by atoms with van der Waals surface area (Å²) in [6.07, 6.45) is 2.21. The zero-order chi connectivity index (χ0) is 15.1. The minimum Gasteiger partial charge on any atom is -0.347 e. The van der Waals surface area contributed by atoms with Crippen LogP contribution >= 0.6 is 26.6 Å². The number of amides is 1. The van der Waals surface area contributed by atoms with Gasteiger partial charge in [-0.2, -0.15) is 0 Å². The number of carbonyl (C=O) groups is 1. The molecule has 0 radical (unpaired) electrons. The van der Waals surface area contributed by atoms with E-state index in [0.29, 0.717) is 10.4 Å². The molecule has 0 heterocycles. The zero-order valence-corrected chi connectivity index (χ0v) is 14.3. The largest absolute Gasteiger partial charge is 0.347 e. The first-order valence-electron chi connectivity index (χ1n) is 6.18. The maximum absolute atomic E-state index is 12.2. The molecule has 0 spiro atoms. The Morgan fingerprint density at radius 3 is 2.50 bits per heavy atom. The predicted octanol–water partition coefficient (Wildman–Crippen LogP) is 3.30. The molecule has 0 aromatic heterocycles. The van der Waals surface area contributed by atoms with Crippen LogP contribution in [0.4, 0.5) is 0 Å². The van der Waals surface area contributed by atoms with Gasteiger partial charge in [-0.1, -0.05) is 0 Å². The maximum atomic E-state index is 12.2. The van der Waals surface area contributed by atoms with Gasteiger partial charge in [0.1, 0.15) is 0 Å². The molecule has 1 saturated carbocycles. The lowest BCUT2D eigenvalue weighted by atomic mass is 9.98. The quantitative estimate of drug-likeness (QED) is 0.815. The van der Waals surface area contributed by atoms with E-state index in [1.54, 1.807) is 6.07 Å². The Morgan fingerprint density at radius 1 is 1.40 bits per heavy atom. The van der Waals surface area contributed by atoms with Gasteiger partial charge in [0, 0.05) is 26.3 Å². The zero-order valence-electron chi connectivity index (χ0n) is 11.1. The highest BCUT2D eigenvalue weighted by atomic mass is 79.9. The Kier molecular flexibility index (Phi) is 4.19. The van der Waals surface area contributed by atoms with Crippen molar-refractivity contribution in [1.29, 1.82) is 0 Å². The van der Waals surface area contributed by atoms with Crippen LogP contribution in [0.1, 0.15) is 37.0 Å². The molecule has 1 aromatic rings. The summed E-state index contributed by atoms with van der Waals surface area (Å²) in [6.45, 7) is 3.95. The molecule has 0 saturated heterocycles. The van der Waals surface area contributed by atoms with Crippen LogP contribution in [0.2, 0.25) is 0 Å². The van der Waals surface area contributed by atoms with Gasteiger partial charge in [-0.05, 0) is 66.7 Å². The fourth-order valence-electron chi connectivity index (χ4n) is 2.10. The van der Waals surface area contributed by atoms with Crippen molar-refractivity contribution in [3.63, 3.8) is 0 Å². The van der Waals surface area contributed by atoms with Crippen LogP contribution in [0.3, 0.4) is 0 Å². The molecule has 0 bridgehead atoms. The van der Waals surface area contributed by atoms with Crippen molar-refractivity contribution in [2.24, 2.45) is 5.92 Å². The number of carbonyl (C=O) groups excluding carboxylic acids is 1. The van der Waals surface area contributed by atoms with E-state index in [1.807, 2.05) is 13.8 Å². The molecule has 4 nitrogen and oxygen atoms in total. The minimum absolute atomic E-state index is 0.101. The second-order valence-electron chi connectivity index (χ2n) is 5.53. The number of rotatable bonds is 4. The van der Waals surface area contributed by atoms with Gasteiger partial charge in [-0.3, -0.25) is 4.79 Å². The van der Waals surface area contributed by atoms with Crippen molar-refractivity contribution >= 4 is 41.6 Å². The summed E-state index contributed by atoms with van der Waals surface area (Å²) >= 11 is 3.11. The Balaban J connectivity index is 2.27. The Hall–Kier alpha value is -0.590.